The van der Waals surface area contributed by atoms with E-state index in [2.05, 4.69) is 0 Å². The number of hydrogen-bond acceptors (Lipinski definition) is 3. The normalized spacial score (nSPS) is 15.6. The maximum atomic E-state index is 11.6. The van der Waals surface area contributed by atoms with Crippen LogP contribution >= 0.6 is 0 Å². The van der Waals surface area contributed by atoms with Crippen LogP contribution in [0.4, 0.5) is 0 Å². The molecule has 0 fully saturated rings. The molecule has 0 aromatic rings. The summed E-state index contributed by atoms with van der Waals surface area (Å²) in [6.45, 7) is 9.45. The topological polar surface area (TPSA) is 43.4 Å². The van der Waals surface area contributed by atoms with Gasteiger partial charge in [-0.2, -0.15) is 0 Å². The molecule has 0 saturated heterocycles. The number of rotatable bonds is 5. The van der Waals surface area contributed by atoms with Crippen molar-refractivity contribution in [1.82, 2.24) is 0 Å². The third-order valence-electron chi connectivity index (χ3n) is 1.98. The minimum Gasteiger partial charge on any atom is -0.462 e. The predicted molar refractivity (Wildman–Crippen MR) is 58.5 cm³/mol. The Bertz CT molecular complexity index is 211. The van der Waals surface area contributed by atoms with E-state index in [9.17, 15) is 9.00 Å². The second kappa shape index (κ2) is 6.17. The van der Waals surface area contributed by atoms with Crippen molar-refractivity contribution < 1.29 is 13.7 Å². The van der Waals surface area contributed by atoms with E-state index < -0.39 is 10.8 Å². The maximum Gasteiger partial charge on any atom is 0.318 e. The van der Waals surface area contributed by atoms with Gasteiger partial charge in [0.1, 0.15) is 5.75 Å². The first-order chi connectivity index (χ1) is 6.34. The zero-order valence-electron chi connectivity index (χ0n) is 9.57. The summed E-state index contributed by atoms with van der Waals surface area (Å²) in [4.78, 5) is 11.2. The van der Waals surface area contributed by atoms with Gasteiger partial charge in [-0.05, 0) is 19.8 Å². The van der Waals surface area contributed by atoms with Gasteiger partial charge in [0.25, 0.3) is 0 Å². The molecule has 0 bridgehead atoms. The summed E-state index contributed by atoms with van der Waals surface area (Å²) in [5.41, 5.74) is 0. The Morgan fingerprint density at radius 2 is 1.71 bits per heavy atom. The summed E-state index contributed by atoms with van der Waals surface area (Å²) in [5, 5.41) is 0.0368. The van der Waals surface area contributed by atoms with Crippen molar-refractivity contribution in [1.29, 1.82) is 0 Å². The number of ether oxygens (including phenoxy) is 1. The second-order valence-corrected chi connectivity index (χ2v) is 5.81. The van der Waals surface area contributed by atoms with Gasteiger partial charge in [0.2, 0.25) is 0 Å². The zero-order valence-corrected chi connectivity index (χ0v) is 10.4. The van der Waals surface area contributed by atoms with Crippen LogP contribution in [0.3, 0.4) is 0 Å². The van der Waals surface area contributed by atoms with Crippen molar-refractivity contribution >= 4 is 16.8 Å². The first kappa shape index (κ1) is 13.6. The molecule has 0 rings (SSSR count). The van der Waals surface area contributed by atoms with E-state index >= 15 is 0 Å². The fraction of sp³-hybridized carbons (Fsp3) is 0.900. The largest absolute Gasteiger partial charge is 0.462 e. The average molecular weight is 220 g/mol. The van der Waals surface area contributed by atoms with E-state index in [1.54, 1.807) is 13.8 Å². The van der Waals surface area contributed by atoms with Crippen LogP contribution in [0.1, 0.15) is 34.6 Å². The number of carbonyl (C=O) groups is 1. The Kier molecular flexibility index (Phi) is 6.00. The highest BCUT2D eigenvalue weighted by atomic mass is 32.2. The summed E-state index contributed by atoms with van der Waals surface area (Å²) >= 11 is 0. The Labute approximate surface area is 88.7 Å². The zero-order chi connectivity index (χ0) is 11.3. The molecule has 0 spiro atoms. The van der Waals surface area contributed by atoms with E-state index in [0.717, 1.165) is 0 Å². The van der Waals surface area contributed by atoms with Crippen molar-refractivity contribution in [3.05, 3.63) is 0 Å². The van der Waals surface area contributed by atoms with Crippen LogP contribution in [0, 0.1) is 5.92 Å². The molecule has 84 valence electrons. The monoisotopic (exact) mass is 220 g/mol. The van der Waals surface area contributed by atoms with Gasteiger partial charge >= 0.3 is 5.97 Å². The highest BCUT2D eigenvalue weighted by Gasteiger charge is 2.19. The highest BCUT2D eigenvalue weighted by molar-refractivity contribution is 7.86. The molecule has 14 heavy (non-hydrogen) atoms. The first-order valence-electron chi connectivity index (χ1n) is 4.91. The Hall–Kier alpha value is -0.380. The van der Waals surface area contributed by atoms with Crippen LogP contribution in [-0.4, -0.2) is 27.3 Å². The van der Waals surface area contributed by atoms with E-state index in [4.69, 9.17) is 4.74 Å². The summed E-state index contributed by atoms with van der Waals surface area (Å²) in [6, 6.07) is 0. The van der Waals surface area contributed by atoms with Gasteiger partial charge in [-0.15, -0.1) is 0 Å². The molecule has 0 saturated carbocycles. The average Bonchev–Trinajstić information content (AvgIpc) is 2.00. The van der Waals surface area contributed by atoms with Crippen LogP contribution in [0.5, 0.6) is 0 Å². The van der Waals surface area contributed by atoms with Crippen LogP contribution < -0.4 is 0 Å². The summed E-state index contributed by atoms with van der Waals surface area (Å²) in [6.07, 6.45) is -0.131. The van der Waals surface area contributed by atoms with Crippen LogP contribution in [0.2, 0.25) is 0 Å². The maximum absolute atomic E-state index is 11.6. The van der Waals surface area contributed by atoms with Crippen LogP contribution in [0.15, 0.2) is 0 Å². The van der Waals surface area contributed by atoms with Gasteiger partial charge < -0.3 is 4.74 Å². The van der Waals surface area contributed by atoms with Gasteiger partial charge in [-0.25, -0.2) is 0 Å². The van der Waals surface area contributed by atoms with Crippen molar-refractivity contribution in [3.8, 4) is 0 Å². The molecule has 0 aromatic heterocycles. The third kappa shape index (κ3) is 5.37. The minimum absolute atomic E-state index is 0.0114. The standard InChI is InChI=1S/C10H20O3S/c1-7(2)9(5)14(12)6-10(11)13-8(3)4/h7-9H,6H2,1-5H3. The fourth-order valence-corrected chi connectivity index (χ4v) is 2.02. The van der Waals surface area contributed by atoms with E-state index in [-0.39, 0.29) is 23.1 Å². The summed E-state index contributed by atoms with van der Waals surface area (Å²) in [5.74, 6) is -0.0362. The number of esters is 1. The molecule has 2 atom stereocenters. The van der Waals surface area contributed by atoms with Crippen molar-refractivity contribution in [3.63, 3.8) is 0 Å². The molecule has 0 N–H and O–H groups in total. The Balaban J connectivity index is 4.00. The second-order valence-electron chi connectivity index (χ2n) is 4.01. The molecule has 0 aliphatic rings. The van der Waals surface area contributed by atoms with Gasteiger partial charge in [0.15, 0.2) is 0 Å². The molecule has 0 aromatic carbocycles. The lowest BCUT2D eigenvalue weighted by Gasteiger charge is -2.15. The lowest BCUT2D eigenvalue weighted by molar-refractivity contribution is -0.144. The highest BCUT2D eigenvalue weighted by Crippen LogP contribution is 2.09. The van der Waals surface area contributed by atoms with Crippen molar-refractivity contribution in [2.45, 2.75) is 46.0 Å². The molecule has 0 amide bonds. The van der Waals surface area contributed by atoms with Crippen molar-refractivity contribution in [2.24, 2.45) is 5.92 Å². The SMILES string of the molecule is CC(C)OC(=O)CS(=O)C(C)C(C)C. The van der Waals surface area contributed by atoms with E-state index in [0.29, 0.717) is 5.92 Å². The quantitative estimate of drug-likeness (QED) is 0.663. The lowest BCUT2D eigenvalue weighted by Crippen LogP contribution is -2.26. The van der Waals surface area contributed by atoms with Crippen molar-refractivity contribution in [2.75, 3.05) is 5.75 Å². The van der Waals surface area contributed by atoms with Gasteiger partial charge in [-0.1, -0.05) is 20.8 Å². The number of carbonyl (C=O) groups excluding carboxylic acids is 1. The molecular formula is C10H20O3S. The Morgan fingerprint density at radius 3 is 2.07 bits per heavy atom. The van der Waals surface area contributed by atoms with Gasteiger partial charge in [-0.3, -0.25) is 9.00 Å². The predicted octanol–water partition coefficient (Wildman–Crippen LogP) is 1.73. The molecule has 2 unspecified atom stereocenters. The van der Waals surface area contributed by atoms with E-state index in [1.165, 1.54) is 0 Å². The molecule has 0 heterocycles. The van der Waals surface area contributed by atoms with Crippen LogP contribution in [-0.2, 0) is 20.3 Å². The summed E-state index contributed by atoms with van der Waals surface area (Å²) in [7, 11) is -1.12. The minimum atomic E-state index is -1.12. The van der Waals surface area contributed by atoms with E-state index in [1.807, 2.05) is 20.8 Å². The fourth-order valence-electron chi connectivity index (χ4n) is 0.848. The first-order valence-corrected chi connectivity index (χ1v) is 6.29. The van der Waals surface area contributed by atoms with Crippen LogP contribution in [0.25, 0.3) is 0 Å². The molecule has 3 nitrogen and oxygen atoms in total. The molecular weight excluding hydrogens is 200 g/mol. The molecule has 0 aliphatic carbocycles. The van der Waals surface area contributed by atoms with Gasteiger partial charge in [0.05, 0.1) is 6.10 Å². The summed E-state index contributed by atoms with van der Waals surface area (Å²) < 4.78 is 16.5. The molecule has 0 radical (unpaired) electrons. The number of hydrogen-bond donors (Lipinski definition) is 0. The molecule has 0 aliphatic heterocycles. The van der Waals surface area contributed by atoms with Gasteiger partial charge in [0, 0.05) is 16.0 Å². The third-order valence-corrected chi connectivity index (χ3v) is 3.87. The lowest BCUT2D eigenvalue weighted by atomic mass is 10.2. The smallest absolute Gasteiger partial charge is 0.318 e. The Morgan fingerprint density at radius 1 is 1.21 bits per heavy atom. The molecule has 4 heteroatoms.